The first-order chi connectivity index (χ1) is 7.88. The van der Waals surface area contributed by atoms with Crippen LogP contribution in [0.1, 0.15) is 32.6 Å². The minimum Gasteiger partial charge on any atom is -0.376 e. The molecule has 1 aliphatic heterocycles. The molecule has 17 heavy (non-hydrogen) atoms. The van der Waals surface area contributed by atoms with Crippen LogP contribution in [-0.2, 0) is 4.74 Å². The zero-order chi connectivity index (χ0) is 11.2. The molecule has 0 aromatic heterocycles. The topological polar surface area (TPSA) is 45.7 Å². The van der Waals surface area contributed by atoms with Crippen molar-refractivity contribution in [3.05, 3.63) is 0 Å². The summed E-state index contributed by atoms with van der Waals surface area (Å²) in [5.74, 6) is 1.79. The van der Waals surface area contributed by atoms with Crippen molar-refractivity contribution in [1.29, 1.82) is 0 Å². The fraction of sp³-hybridized carbons (Fsp3) is 0.917. The van der Waals surface area contributed by atoms with Gasteiger partial charge in [-0.25, -0.2) is 0 Å². The molecule has 2 aliphatic rings. The number of guanidine groups is 1. The van der Waals surface area contributed by atoms with E-state index in [1.807, 2.05) is 0 Å². The van der Waals surface area contributed by atoms with Gasteiger partial charge in [0.1, 0.15) is 0 Å². The summed E-state index contributed by atoms with van der Waals surface area (Å²) in [5, 5.41) is 6.63. The Balaban J connectivity index is 0.00000144. The van der Waals surface area contributed by atoms with Crippen molar-refractivity contribution in [3.63, 3.8) is 0 Å². The van der Waals surface area contributed by atoms with Crippen molar-refractivity contribution in [2.75, 3.05) is 26.2 Å². The smallest absolute Gasteiger partial charge is 0.191 e. The second kappa shape index (κ2) is 8.13. The largest absolute Gasteiger partial charge is 0.376 e. The number of rotatable bonds is 5. The molecule has 0 aromatic rings. The highest BCUT2D eigenvalue weighted by Gasteiger charge is 2.21. The summed E-state index contributed by atoms with van der Waals surface area (Å²) in [5.41, 5.74) is 0. The molecule has 1 atom stereocenters. The predicted molar refractivity (Wildman–Crippen MR) is 81.1 cm³/mol. The van der Waals surface area contributed by atoms with Gasteiger partial charge in [-0.05, 0) is 38.5 Å². The third kappa shape index (κ3) is 5.90. The Labute approximate surface area is 121 Å². The maximum Gasteiger partial charge on any atom is 0.191 e. The van der Waals surface area contributed by atoms with Gasteiger partial charge < -0.3 is 15.4 Å². The highest BCUT2D eigenvalue weighted by Crippen LogP contribution is 2.28. The maximum atomic E-state index is 5.57. The summed E-state index contributed by atoms with van der Waals surface area (Å²) in [4.78, 5) is 4.58. The van der Waals surface area contributed by atoms with Crippen LogP contribution in [0.4, 0.5) is 0 Å². The lowest BCUT2D eigenvalue weighted by molar-refractivity contribution is 0.114. The van der Waals surface area contributed by atoms with Crippen LogP contribution in [0.15, 0.2) is 4.99 Å². The second-order valence-corrected chi connectivity index (χ2v) is 4.68. The van der Waals surface area contributed by atoms with Crippen LogP contribution in [0.5, 0.6) is 0 Å². The molecule has 1 unspecified atom stereocenters. The quantitative estimate of drug-likeness (QED) is 0.450. The number of hydrogen-bond donors (Lipinski definition) is 2. The Morgan fingerprint density at radius 2 is 2.12 bits per heavy atom. The van der Waals surface area contributed by atoms with Crippen molar-refractivity contribution in [3.8, 4) is 0 Å². The Kier molecular flexibility index (Phi) is 7.18. The first-order valence-corrected chi connectivity index (χ1v) is 6.52. The number of aliphatic imine (C=N–C) groups is 1. The van der Waals surface area contributed by atoms with E-state index in [0.29, 0.717) is 6.10 Å². The van der Waals surface area contributed by atoms with Crippen LogP contribution in [0.2, 0.25) is 0 Å². The van der Waals surface area contributed by atoms with Crippen molar-refractivity contribution in [2.24, 2.45) is 10.9 Å². The first kappa shape index (κ1) is 15.0. The van der Waals surface area contributed by atoms with E-state index in [9.17, 15) is 0 Å². The number of nitrogens with one attached hydrogen (secondary N) is 2. The van der Waals surface area contributed by atoms with Gasteiger partial charge in [0.05, 0.1) is 6.10 Å². The fourth-order valence-corrected chi connectivity index (χ4v) is 1.88. The molecule has 1 saturated heterocycles. The summed E-state index contributed by atoms with van der Waals surface area (Å²) >= 11 is 0. The Morgan fingerprint density at radius 1 is 1.29 bits per heavy atom. The van der Waals surface area contributed by atoms with E-state index in [0.717, 1.165) is 38.1 Å². The molecular formula is C12H24IN3O. The van der Waals surface area contributed by atoms with Crippen LogP contribution in [-0.4, -0.2) is 38.3 Å². The van der Waals surface area contributed by atoms with Gasteiger partial charge in [0.15, 0.2) is 5.96 Å². The minimum atomic E-state index is 0. The molecule has 2 rings (SSSR count). The Bertz CT molecular complexity index is 238. The standard InChI is InChI=1S/C12H23N3O.HI/c1-2-13-12(14-8-10-5-6-10)15-9-11-4-3-7-16-11;/h10-11H,2-9H2,1H3,(H2,13,14,15);1H. The number of nitrogens with zero attached hydrogens (tertiary/aromatic N) is 1. The summed E-state index contributed by atoms with van der Waals surface area (Å²) in [7, 11) is 0. The lowest BCUT2D eigenvalue weighted by atomic mass is 10.2. The first-order valence-electron chi connectivity index (χ1n) is 6.52. The molecule has 0 aromatic carbocycles. The van der Waals surface area contributed by atoms with Gasteiger partial charge in [0.2, 0.25) is 0 Å². The average Bonchev–Trinajstić information content (AvgIpc) is 2.97. The van der Waals surface area contributed by atoms with E-state index >= 15 is 0 Å². The van der Waals surface area contributed by atoms with Crippen LogP contribution in [0, 0.1) is 5.92 Å². The van der Waals surface area contributed by atoms with Crippen molar-refractivity contribution >= 4 is 29.9 Å². The van der Waals surface area contributed by atoms with Crippen LogP contribution in [0.25, 0.3) is 0 Å². The van der Waals surface area contributed by atoms with Gasteiger partial charge >= 0.3 is 0 Å². The molecule has 0 spiro atoms. The molecule has 2 fully saturated rings. The monoisotopic (exact) mass is 353 g/mol. The van der Waals surface area contributed by atoms with E-state index in [1.54, 1.807) is 0 Å². The molecule has 2 N–H and O–H groups in total. The molecule has 100 valence electrons. The molecule has 1 aliphatic carbocycles. The third-order valence-electron chi connectivity index (χ3n) is 3.07. The SMILES string of the molecule is CCNC(=NCC1CC1)NCC1CCCO1.I. The lowest BCUT2D eigenvalue weighted by Crippen LogP contribution is -2.41. The van der Waals surface area contributed by atoms with Gasteiger partial charge in [0.25, 0.3) is 0 Å². The van der Waals surface area contributed by atoms with Crippen molar-refractivity contribution in [1.82, 2.24) is 10.6 Å². The van der Waals surface area contributed by atoms with Gasteiger partial charge in [-0.3, -0.25) is 4.99 Å². The highest BCUT2D eigenvalue weighted by atomic mass is 127. The van der Waals surface area contributed by atoms with E-state index in [-0.39, 0.29) is 24.0 Å². The number of hydrogen-bond acceptors (Lipinski definition) is 2. The summed E-state index contributed by atoms with van der Waals surface area (Å²) < 4.78 is 5.57. The number of halogens is 1. The van der Waals surface area contributed by atoms with Gasteiger partial charge in [-0.1, -0.05) is 0 Å². The lowest BCUT2D eigenvalue weighted by Gasteiger charge is -2.14. The van der Waals surface area contributed by atoms with E-state index in [4.69, 9.17) is 4.74 Å². The summed E-state index contributed by atoms with van der Waals surface area (Å²) in [6.07, 6.45) is 5.46. The Morgan fingerprint density at radius 3 is 2.71 bits per heavy atom. The summed E-state index contributed by atoms with van der Waals surface area (Å²) in [6, 6.07) is 0. The van der Waals surface area contributed by atoms with E-state index in [2.05, 4.69) is 22.5 Å². The predicted octanol–water partition coefficient (Wildman–Crippen LogP) is 1.75. The van der Waals surface area contributed by atoms with E-state index in [1.165, 1.54) is 25.7 Å². The van der Waals surface area contributed by atoms with Crippen molar-refractivity contribution in [2.45, 2.75) is 38.7 Å². The maximum absolute atomic E-state index is 5.57. The molecular weight excluding hydrogens is 329 g/mol. The molecule has 4 nitrogen and oxygen atoms in total. The molecule has 1 saturated carbocycles. The molecule has 0 radical (unpaired) electrons. The van der Waals surface area contributed by atoms with Gasteiger partial charge in [0, 0.05) is 26.2 Å². The average molecular weight is 353 g/mol. The normalized spacial score (nSPS) is 24.3. The minimum absolute atomic E-state index is 0. The van der Waals surface area contributed by atoms with Gasteiger partial charge in [-0.15, -0.1) is 24.0 Å². The molecule has 0 amide bonds. The molecule has 5 heteroatoms. The van der Waals surface area contributed by atoms with Crippen LogP contribution < -0.4 is 10.6 Å². The van der Waals surface area contributed by atoms with Crippen molar-refractivity contribution < 1.29 is 4.74 Å². The van der Waals surface area contributed by atoms with Gasteiger partial charge in [-0.2, -0.15) is 0 Å². The number of ether oxygens (including phenoxy) is 1. The molecule has 0 bridgehead atoms. The summed E-state index contributed by atoms with van der Waals surface area (Å²) in [6.45, 7) is 5.79. The highest BCUT2D eigenvalue weighted by molar-refractivity contribution is 14.0. The van der Waals surface area contributed by atoms with Crippen LogP contribution >= 0.6 is 24.0 Å². The fourth-order valence-electron chi connectivity index (χ4n) is 1.88. The molecule has 1 heterocycles. The zero-order valence-corrected chi connectivity index (χ0v) is 12.9. The zero-order valence-electron chi connectivity index (χ0n) is 10.6. The van der Waals surface area contributed by atoms with E-state index < -0.39 is 0 Å². The second-order valence-electron chi connectivity index (χ2n) is 4.68. The Hall–Kier alpha value is -0.0400. The van der Waals surface area contributed by atoms with Crippen LogP contribution in [0.3, 0.4) is 0 Å². The third-order valence-corrected chi connectivity index (χ3v) is 3.07.